The van der Waals surface area contributed by atoms with Crippen molar-refractivity contribution in [1.29, 1.82) is 0 Å². The highest BCUT2D eigenvalue weighted by molar-refractivity contribution is 5.79. The smallest absolute Gasteiger partial charge is 0.225 e. The van der Waals surface area contributed by atoms with Gasteiger partial charge in [0.15, 0.2) is 11.6 Å². The van der Waals surface area contributed by atoms with Crippen molar-refractivity contribution >= 4 is 17.4 Å². The number of piperazine rings is 1. The molecule has 5 rings (SSSR count). The van der Waals surface area contributed by atoms with E-state index in [1.54, 1.807) is 23.1 Å². The largest absolute Gasteiger partial charge is 0.366 e. The van der Waals surface area contributed by atoms with Gasteiger partial charge in [-0.25, -0.2) is 14.1 Å². The van der Waals surface area contributed by atoms with Crippen molar-refractivity contribution in [2.75, 3.05) is 49.1 Å². The minimum absolute atomic E-state index is 0.0219. The summed E-state index contributed by atoms with van der Waals surface area (Å²) >= 11 is 0. The number of hydrogen-bond acceptors (Lipinski definition) is 7. The Labute approximate surface area is 185 Å². The second-order valence-corrected chi connectivity index (χ2v) is 8.11. The molecule has 0 saturated carbocycles. The first-order valence-corrected chi connectivity index (χ1v) is 10.9. The zero-order valence-electron chi connectivity index (χ0n) is 17.7. The lowest BCUT2D eigenvalue weighted by atomic mass is 9.95. The lowest BCUT2D eigenvalue weighted by Crippen LogP contribution is -2.52. The first kappa shape index (κ1) is 20.3. The van der Waals surface area contributed by atoms with Gasteiger partial charge in [0.25, 0.3) is 0 Å². The molecule has 1 aromatic carbocycles. The molecule has 0 N–H and O–H groups in total. The van der Waals surface area contributed by atoms with Crippen LogP contribution in [0.3, 0.4) is 0 Å². The van der Waals surface area contributed by atoms with Crippen molar-refractivity contribution in [3.8, 4) is 5.82 Å². The Kier molecular flexibility index (Phi) is 5.66. The average Bonchev–Trinajstić information content (AvgIpc) is 3.39. The number of piperidine rings is 1. The molecule has 0 radical (unpaired) electrons. The fourth-order valence-electron chi connectivity index (χ4n) is 4.43. The molecule has 166 valence electrons. The third-order valence-electron chi connectivity index (χ3n) is 6.24. The molecule has 3 aromatic rings. The van der Waals surface area contributed by atoms with Gasteiger partial charge < -0.3 is 14.7 Å². The normalized spacial score (nSPS) is 17.6. The number of rotatable bonds is 4. The van der Waals surface area contributed by atoms with E-state index in [0.717, 1.165) is 31.7 Å². The summed E-state index contributed by atoms with van der Waals surface area (Å²) < 4.78 is 15.6. The van der Waals surface area contributed by atoms with Crippen LogP contribution in [-0.2, 0) is 4.79 Å². The van der Waals surface area contributed by atoms with Gasteiger partial charge >= 0.3 is 0 Å². The molecular formula is C22H25FN8O. The highest BCUT2D eigenvalue weighted by Gasteiger charge is 2.31. The van der Waals surface area contributed by atoms with Crippen LogP contribution in [0.1, 0.15) is 12.8 Å². The van der Waals surface area contributed by atoms with E-state index >= 15 is 0 Å². The Morgan fingerprint density at radius 2 is 1.59 bits per heavy atom. The predicted octanol–water partition coefficient (Wildman–Crippen LogP) is 1.76. The Bertz CT molecular complexity index is 1040. The molecule has 0 unspecified atom stereocenters. The van der Waals surface area contributed by atoms with Crippen LogP contribution in [0.2, 0.25) is 0 Å². The standard InChI is InChI=1S/C22H25FN8O/c23-18-3-1-2-4-19(18)28-11-13-30(14-12-28)22(32)17-7-9-29(10-8-17)20-5-6-21(27-26-20)31-16-24-15-25-31/h1-6,15-17H,7-14H2. The molecule has 10 heteroatoms. The second-order valence-electron chi connectivity index (χ2n) is 8.11. The lowest BCUT2D eigenvalue weighted by molar-refractivity contribution is -0.136. The third-order valence-corrected chi connectivity index (χ3v) is 6.24. The van der Waals surface area contributed by atoms with Crippen molar-refractivity contribution in [3.05, 3.63) is 54.9 Å². The summed E-state index contributed by atoms with van der Waals surface area (Å²) in [5.41, 5.74) is 0.615. The van der Waals surface area contributed by atoms with E-state index in [9.17, 15) is 9.18 Å². The number of para-hydroxylation sites is 1. The molecule has 2 aliphatic heterocycles. The summed E-state index contributed by atoms with van der Waals surface area (Å²) in [5.74, 6) is 1.44. The summed E-state index contributed by atoms with van der Waals surface area (Å²) in [4.78, 5) is 23.1. The Morgan fingerprint density at radius 3 is 2.25 bits per heavy atom. The topological polar surface area (TPSA) is 83.3 Å². The number of halogens is 1. The fraction of sp³-hybridized carbons (Fsp3) is 0.409. The summed E-state index contributed by atoms with van der Waals surface area (Å²) in [6.07, 6.45) is 4.62. The number of carbonyl (C=O) groups is 1. The Balaban J connectivity index is 1.13. The molecule has 1 amide bonds. The van der Waals surface area contributed by atoms with Crippen molar-refractivity contribution < 1.29 is 9.18 Å². The number of nitrogens with zero attached hydrogens (tertiary/aromatic N) is 8. The molecular weight excluding hydrogens is 411 g/mol. The van der Waals surface area contributed by atoms with Gasteiger partial charge in [-0.05, 0) is 37.1 Å². The van der Waals surface area contributed by atoms with Crippen LogP contribution < -0.4 is 9.80 Å². The SMILES string of the molecule is O=C(C1CCN(c2ccc(-n3cncn3)nn2)CC1)N1CCN(c2ccccc2F)CC1. The number of benzene rings is 1. The molecule has 9 nitrogen and oxygen atoms in total. The maximum absolute atomic E-state index is 14.0. The zero-order chi connectivity index (χ0) is 21.9. The number of aromatic nitrogens is 5. The van der Waals surface area contributed by atoms with E-state index in [2.05, 4.69) is 25.2 Å². The van der Waals surface area contributed by atoms with Crippen LogP contribution in [0, 0.1) is 11.7 Å². The first-order valence-electron chi connectivity index (χ1n) is 10.9. The molecule has 0 atom stereocenters. The van der Waals surface area contributed by atoms with Gasteiger partial charge in [-0.15, -0.1) is 10.2 Å². The molecule has 2 fully saturated rings. The van der Waals surface area contributed by atoms with E-state index in [-0.39, 0.29) is 17.6 Å². The molecule has 2 aromatic heterocycles. The Morgan fingerprint density at radius 1 is 0.875 bits per heavy atom. The quantitative estimate of drug-likeness (QED) is 0.616. The molecule has 0 aliphatic carbocycles. The van der Waals surface area contributed by atoms with Crippen LogP contribution in [0.15, 0.2) is 49.1 Å². The number of amides is 1. The summed E-state index contributed by atoms with van der Waals surface area (Å²) in [7, 11) is 0. The molecule has 0 spiro atoms. The minimum Gasteiger partial charge on any atom is -0.366 e. The maximum atomic E-state index is 14.0. The van der Waals surface area contributed by atoms with Crippen LogP contribution in [0.4, 0.5) is 15.9 Å². The van der Waals surface area contributed by atoms with E-state index in [4.69, 9.17) is 0 Å². The van der Waals surface area contributed by atoms with Crippen LogP contribution in [-0.4, -0.2) is 75.0 Å². The zero-order valence-corrected chi connectivity index (χ0v) is 17.7. The van der Waals surface area contributed by atoms with Gasteiger partial charge in [0, 0.05) is 45.2 Å². The van der Waals surface area contributed by atoms with Gasteiger partial charge in [-0.3, -0.25) is 4.79 Å². The third kappa shape index (κ3) is 4.12. The van der Waals surface area contributed by atoms with E-state index in [1.165, 1.54) is 12.4 Å². The highest BCUT2D eigenvalue weighted by Crippen LogP contribution is 2.25. The number of carbonyl (C=O) groups excluding carboxylic acids is 1. The predicted molar refractivity (Wildman–Crippen MR) is 117 cm³/mol. The second kappa shape index (κ2) is 8.89. The molecule has 2 saturated heterocycles. The molecule has 2 aliphatic rings. The number of hydrogen-bond donors (Lipinski definition) is 0. The van der Waals surface area contributed by atoms with Gasteiger partial charge in [-0.1, -0.05) is 12.1 Å². The Hall–Kier alpha value is -3.56. The minimum atomic E-state index is -0.211. The maximum Gasteiger partial charge on any atom is 0.225 e. The average molecular weight is 436 g/mol. The van der Waals surface area contributed by atoms with Gasteiger partial charge in [0.2, 0.25) is 5.91 Å². The summed E-state index contributed by atoms with van der Waals surface area (Å²) in [6.45, 7) is 4.09. The van der Waals surface area contributed by atoms with Crippen LogP contribution in [0.5, 0.6) is 0 Å². The first-order chi connectivity index (χ1) is 15.7. The fourth-order valence-corrected chi connectivity index (χ4v) is 4.43. The molecule has 4 heterocycles. The van der Waals surface area contributed by atoms with Gasteiger partial charge in [0.05, 0.1) is 5.69 Å². The van der Waals surface area contributed by atoms with E-state index < -0.39 is 0 Å². The van der Waals surface area contributed by atoms with Crippen LogP contribution in [0.25, 0.3) is 5.82 Å². The monoisotopic (exact) mass is 436 g/mol. The van der Waals surface area contributed by atoms with Crippen molar-refractivity contribution in [2.45, 2.75) is 12.8 Å². The molecule has 32 heavy (non-hydrogen) atoms. The van der Waals surface area contributed by atoms with Crippen LogP contribution >= 0.6 is 0 Å². The summed E-state index contributed by atoms with van der Waals surface area (Å²) in [5, 5.41) is 12.6. The van der Waals surface area contributed by atoms with Crippen molar-refractivity contribution in [1.82, 2.24) is 29.9 Å². The van der Waals surface area contributed by atoms with E-state index in [1.807, 2.05) is 28.0 Å². The molecule has 0 bridgehead atoms. The van der Waals surface area contributed by atoms with Crippen molar-refractivity contribution in [3.63, 3.8) is 0 Å². The van der Waals surface area contributed by atoms with E-state index in [0.29, 0.717) is 37.7 Å². The summed E-state index contributed by atoms with van der Waals surface area (Å²) in [6, 6.07) is 10.6. The van der Waals surface area contributed by atoms with Crippen molar-refractivity contribution in [2.24, 2.45) is 5.92 Å². The number of anilines is 2. The van der Waals surface area contributed by atoms with Gasteiger partial charge in [-0.2, -0.15) is 5.10 Å². The lowest BCUT2D eigenvalue weighted by Gasteiger charge is -2.39. The van der Waals surface area contributed by atoms with Gasteiger partial charge in [0.1, 0.15) is 18.5 Å². The highest BCUT2D eigenvalue weighted by atomic mass is 19.1.